The summed E-state index contributed by atoms with van der Waals surface area (Å²) in [5.41, 5.74) is 7.28. The van der Waals surface area contributed by atoms with Gasteiger partial charge in [-0.3, -0.25) is 4.79 Å². The molecule has 0 saturated heterocycles. The molecule has 5 nitrogen and oxygen atoms in total. The van der Waals surface area contributed by atoms with Crippen molar-refractivity contribution in [2.45, 2.75) is 39.7 Å². The number of nitrogens with one attached hydrogen (secondary N) is 1. The van der Waals surface area contributed by atoms with E-state index in [1.54, 1.807) is 25.1 Å². The molecule has 0 aliphatic carbocycles. The number of aryl methyl sites for hydroxylation is 1. The van der Waals surface area contributed by atoms with Crippen LogP contribution in [0.2, 0.25) is 0 Å². The summed E-state index contributed by atoms with van der Waals surface area (Å²) < 4.78 is 5.01. The summed E-state index contributed by atoms with van der Waals surface area (Å²) >= 11 is 0. The molecular weight excluding hydrogens is 256 g/mol. The van der Waals surface area contributed by atoms with Gasteiger partial charge < -0.3 is 15.8 Å². The molecule has 0 fully saturated rings. The molecule has 3 N–H and O–H groups in total. The zero-order chi connectivity index (χ0) is 15.1. The first-order chi connectivity index (χ1) is 9.47. The van der Waals surface area contributed by atoms with Gasteiger partial charge in [0.05, 0.1) is 5.56 Å². The maximum atomic E-state index is 11.9. The number of hydrogen-bond acceptors (Lipinski definition) is 4. The van der Waals surface area contributed by atoms with Crippen LogP contribution in [0.1, 0.15) is 42.6 Å². The Bertz CT molecular complexity index is 482. The molecule has 1 amide bonds. The van der Waals surface area contributed by atoms with Crippen LogP contribution in [0.15, 0.2) is 18.2 Å². The minimum atomic E-state index is -0.533. The molecule has 0 spiro atoms. The van der Waals surface area contributed by atoms with Crippen molar-refractivity contribution in [3.63, 3.8) is 0 Å². The second-order valence-corrected chi connectivity index (χ2v) is 4.73. The molecule has 0 aliphatic heterocycles. The SMILES string of the molecule is CCC(CC)NC(=O)COC(=O)c1cc(N)ccc1C. The molecule has 0 unspecified atom stereocenters. The van der Waals surface area contributed by atoms with Crippen molar-refractivity contribution in [2.24, 2.45) is 0 Å². The number of benzene rings is 1. The Balaban J connectivity index is 2.55. The third-order valence-corrected chi connectivity index (χ3v) is 3.17. The maximum absolute atomic E-state index is 11.9. The quantitative estimate of drug-likeness (QED) is 0.616. The van der Waals surface area contributed by atoms with Crippen LogP contribution >= 0.6 is 0 Å². The summed E-state index contributed by atoms with van der Waals surface area (Å²) in [5.74, 6) is -0.817. The lowest BCUT2D eigenvalue weighted by Crippen LogP contribution is -2.36. The van der Waals surface area contributed by atoms with Gasteiger partial charge in [0.2, 0.25) is 0 Å². The van der Waals surface area contributed by atoms with Crippen molar-refractivity contribution >= 4 is 17.6 Å². The maximum Gasteiger partial charge on any atom is 0.338 e. The highest BCUT2D eigenvalue weighted by molar-refractivity contribution is 5.93. The molecule has 0 atom stereocenters. The van der Waals surface area contributed by atoms with Crippen molar-refractivity contribution < 1.29 is 14.3 Å². The van der Waals surface area contributed by atoms with Crippen molar-refractivity contribution in [3.05, 3.63) is 29.3 Å². The molecule has 0 saturated carbocycles. The molecule has 5 heteroatoms. The summed E-state index contributed by atoms with van der Waals surface area (Å²) in [6.45, 7) is 5.51. The first-order valence-electron chi connectivity index (χ1n) is 6.80. The lowest BCUT2D eigenvalue weighted by Gasteiger charge is -2.14. The predicted octanol–water partition coefficient (Wildman–Crippen LogP) is 2.04. The fraction of sp³-hybridized carbons (Fsp3) is 0.467. The van der Waals surface area contributed by atoms with Crippen molar-refractivity contribution in [1.82, 2.24) is 5.32 Å². The Morgan fingerprint density at radius 1 is 1.30 bits per heavy atom. The summed E-state index contributed by atoms with van der Waals surface area (Å²) in [6.07, 6.45) is 1.70. The van der Waals surface area contributed by atoms with Crippen molar-refractivity contribution in [1.29, 1.82) is 0 Å². The Morgan fingerprint density at radius 2 is 1.95 bits per heavy atom. The van der Waals surface area contributed by atoms with Crippen LogP contribution in [-0.2, 0) is 9.53 Å². The van der Waals surface area contributed by atoms with E-state index < -0.39 is 5.97 Å². The van der Waals surface area contributed by atoms with Gasteiger partial charge in [0, 0.05) is 11.7 Å². The van der Waals surface area contributed by atoms with Gasteiger partial charge in [0.25, 0.3) is 5.91 Å². The minimum absolute atomic E-state index is 0.121. The molecule has 0 aromatic heterocycles. The number of esters is 1. The third-order valence-electron chi connectivity index (χ3n) is 3.17. The van der Waals surface area contributed by atoms with Crippen molar-refractivity contribution in [3.8, 4) is 0 Å². The van der Waals surface area contributed by atoms with E-state index in [9.17, 15) is 9.59 Å². The predicted molar refractivity (Wildman–Crippen MR) is 78.4 cm³/mol. The van der Waals surface area contributed by atoms with E-state index in [0.29, 0.717) is 11.3 Å². The Morgan fingerprint density at radius 3 is 2.55 bits per heavy atom. The molecule has 0 radical (unpaired) electrons. The van der Waals surface area contributed by atoms with Crippen LogP contribution in [0.25, 0.3) is 0 Å². The van der Waals surface area contributed by atoms with Gasteiger partial charge in [0.1, 0.15) is 0 Å². The van der Waals surface area contributed by atoms with Gasteiger partial charge in [-0.2, -0.15) is 0 Å². The molecule has 0 aliphatic rings. The summed E-state index contributed by atoms with van der Waals surface area (Å²) in [7, 11) is 0. The van der Waals surface area contributed by atoms with Crippen LogP contribution in [0.5, 0.6) is 0 Å². The van der Waals surface area contributed by atoms with Gasteiger partial charge in [-0.1, -0.05) is 19.9 Å². The van der Waals surface area contributed by atoms with Crippen molar-refractivity contribution in [2.75, 3.05) is 12.3 Å². The van der Waals surface area contributed by atoms with Crippen LogP contribution in [0.4, 0.5) is 5.69 Å². The first-order valence-corrected chi connectivity index (χ1v) is 6.80. The Hall–Kier alpha value is -2.04. The van der Waals surface area contributed by atoms with E-state index in [-0.39, 0.29) is 18.6 Å². The molecule has 1 rings (SSSR count). The Labute approximate surface area is 119 Å². The number of anilines is 1. The number of carbonyl (C=O) groups is 2. The fourth-order valence-electron chi connectivity index (χ4n) is 1.83. The smallest absolute Gasteiger partial charge is 0.338 e. The summed E-state index contributed by atoms with van der Waals surface area (Å²) in [4.78, 5) is 23.5. The monoisotopic (exact) mass is 278 g/mol. The lowest BCUT2D eigenvalue weighted by atomic mass is 10.1. The topological polar surface area (TPSA) is 81.4 Å². The van der Waals surface area contributed by atoms with Crippen LogP contribution in [0.3, 0.4) is 0 Å². The highest BCUT2D eigenvalue weighted by Crippen LogP contribution is 2.13. The van der Waals surface area contributed by atoms with Gasteiger partial charge in [-0.15, -0.1) is 0 Å². The molecule has 110 valence electrons. The number of rotatable bonds is 6. The molecule has 1 aromatic rings. The zero-order valence-electron chi connectivity index (χ0n) is 12.2. The van der Waals surface area contributed by atoms with Gasteiger partial charge in [-0.25, -0.2) is 4.79 Å². The van der Waals surface area contributed by atoms with Crippen LogP contribution < -0.4 is 11.1 Å². The number of nitrogen functional groups attached to an aromatic ring is 1. The van der Waals surface area contributed by atoms with E-state index in [1.807, 2.05) is 13.8 Å². The normalized spacial score (nSPS) is 10.4. The molecule has 0 bridgehead atoms. The minimum Gasteiger partial charge on any atom is -0.452 e. The average molecular weight is 278 g/mol. The molecular formula is C15H22N2O3. The van der Waals surface area contributed by atoms with E-state index in [1.165, 1.54) is 0 Å². The molecule has 0 heterocycles. The first kappa shape index (κ1) is 16.0. The number of hydrogen-bond donors (Lipinski definition) is 2. The number of carbonyl (C=O) groups excluding carboxylic acids is 2. The summed E-state index contributed by atoms with van der Waals surface area (Å²) in [5, 5.41) is 2.81. The van der Waals surface area contributed by atoms with E-state index in [2.05, 4.69) is 5.32 Å². The average Bonchev–Trinajstić information content (AvgIpc) is 2.44. The van der Waals surface area contributed by atoms with Crippen LogP contribution in [0, 0.1) is 6.92 Å². The van der Waals surface area contributed by atoms with Gasteiger partial charge >= 0.3 is 5.97 Å². The largest absolute Gasteiger partial charge is 0.452 e. The third kappa shape index (κ3) is 4.57. The second kappa shape index (κ2) is 7.53. The number of amides is 1. The number of nitrogens with two attached hydrogens (primary N) is 1. The second-order valence-electron chi connectivity index (χ2n) is 4.73. The molecule has 20 heavy (non-hydrogen) atoms. The van der Waals surface area contributed by atoms with Gasteiger partial charge in [-0.05, 0) is 37.5 Å². The highest BCUT2D eigenvalue weighted by Gasteiger charge is 2.14. The summed E-state index contributed by atoms with van der Waals surface area (Å²) in [6, 6.07) is 5.13. The highest BCUT2D eigenvalue weighted by atomic mass is 16.5. The van der Waals surface area contributed by atoms with Gasteiger partial charge in [0.15, 0.2) is 6.61 Å². The standard InChI is InChI=1S/C15H22N2O3/c1-4-12(5-2)17-14(18)9-20-15(19)13-8-11(16)7-6-10(13)3/h6-8,12H,4-5,9,16H2,1-3H3,(H,17,18). The Kier molecular flexibility index (Phi) is 6.03. The van der Waals surface area contributed by atoms with Crippen LogP contribution in [-0.4, -0.2) is 24.5 Å². The number of ether oxygens (including phenoxy) is 1. The van der Waals surface area contributed by atoms with E-state index in [0.717, 1.165) is 18.4 Å². The zero-order valence-corrected chi connectivity index (χ0v) is 12.2. The molecule has 1 aromatic carbocycles. The van der Waals surface area contributed by atoms with E-state index >= 15 is 0 Å². The van der Waals surface area contributed by atoms with E-state index in [4.69, 9.17) is 10.5 Å². The lowest BCUT2D eigenvalue weighted by molar-refractivity contribution is -0.125. The fourth-order valence-corrected chi connectivity index (χ4v) is 1.83.